The summed E-state index contributed by atoms with van der Waals surface area (Å²) in [4.78, 5) is 10.3. The zero-order valence-corrected chi connectivity index (χ0v) is 15.5. The van der Waals surface area contributed by atoms with E-state index >= 15 is 0 Å². The van der Waals surface area contributed by atoms with Crippen LogP contribution in [0.5, 0.6) is 0 Å². The van der Waals surface area contributed by atoms with Crippen molar-refractivity contribution in [3.05, 3.63) is 46.5 Å². The summed E-state index contributed by atoms with van der Waals surface area (Å²) in [6.45, 7) is 7.73. The van der Waals surface area contributed by atoms with Gasteiger partial charge in [0.25, 0.3) is 5.69 Å². The fourth-order valence-electron chi connectivity index (χ4n) is 2.40. The number of hydrogen-bond donors (Lipinski definition) is 0. The average Bonchev–Trinajstić information content (AvgIpc) is 2.49. The van der Waals surface area contributed by atoms with Gasteiger partial charge in [0.2, 0.25) is 10.0 Å². The molecular weight excluding hydrogens is 328 g/mol. The van der Waals surface area contributed by atoms with Crippen molar-refractivity contribution in [1.82, 2.24) is 4.31 Å². The third-order valence-electron chi connectivity index (χ3n) is 3.51. The molecule has 0 fully saturated rings. The first-order valence-electron chi connectivity index (χ1n) is 8.03. The number of rotatable bonds is 8. The van der Waals surface area contributed by atoms with Crippen LogP contribution in [0.4, 0.5) is 5.69 Å². The number of nitro groups is 1. The highest BCUT2D eigenvalue weighted by Gasteiger charge is 2.37. The Kier molecular flexibility index (Phi) is 7.10. The predicted molar refractivity (Wildman–Crippen MR) is 95.4 cm³/mol. The third-order valence-corrected chi connectivity index (χ3v) is 5.72. The summed E-state index contributed by atoms with van der Waals surface area (Å²) in [5, 5.41) is 11.2. The van der Waals surface area contributed by atoms with Gasteiger partial charge in [0.1, 0.15) is 0 Å². The van der Waals surface area contributed by atoms with Crippen LogP contribution < -0.4 is 0 Å². The second-order valence-corrected chi connectivity index (χ2v) is 8.33. The molecule has 0 aromatic heterocycles. The molecule has 0 aliphatic heterocycles. The fraction of sp³-hybridized carbons (Fsp3) is 0.529. The van der Waals surface area contributed by atoms with Gasteiger partial charge in [-0.15, -0.1) is 0 Å². The minimum absolute atomic E-state index is 0.256. The molecule has 0 aliphatic rings. The van der Waals surface area contributed by atoms with Crippen LogP contribution in [0.2, 0.25) is 0 Å². The number of hydrogen-bond acceptors (Lipinski definition) is 4. The topological polar surface area (TPSA) is 80.5 Å². The molecule has 0 saturated carbocycles. The van der Waals surface area contributed by atoms with Crippen molar-refractivity contribution in [1.29, 1.82) is 0 Å². The zero-order valence-electron chi connectivity index (χ0n) is 14.7. The highest BCUT2D eigenvalue weighted by atomic mass is 32.2. The fourth-order valence-corrected chi connectivity index (χ4v) is 4.38. The summed E-state index contributed by atoms with van der Waals surface area (Å²) in [5.74, 6) is 0. The molecule has 0 saturated heterocycles. The summed E-state index contributed by atoms with van der Waals surface area (Å²) in [5.41, 5.74) is -1.06. The smallest absolute Gasteiger partial charge is 0.258 e. The summed E-state index contributed by atoms with van der Waals surface area (Å²) in [6.07, 6.45) is 6.44. The minimum Gasteiger partial charge on any atom is -0.258 e. The van der Waals surface area contributed by atoms with E-state index < -0.39 is 26.2 Å². The van der Waals surface area contributed by atoms with Crippen molar-refractivity contribution < 1.29 is 13.3 Å². The SMILES string of the molecule is CC/C=C\CCCN(C(C)(C)C)S(=O)(=O)c1ccccc1[N+](=O)[O-]. The van der Waals surface area contributed by atoms with Crippen molar-refractivity contribution in [2.75, 3.05) is 6.54 Å². The van der Waals surface area contributed by atoms with Crippen LogP contribution in [0.1, 0.15) is 47.0 Å². The number of para-hydroxylation sites is 1. The van der Waals surface area contributed by atoms with E-state index in [1.807, 2.05) is 19.1 Å². The summed E-state index contributed by atoms with van der Waals surface area (Å²) < 4.78 is 27.4. The van der Waals surface area contributed by atoms with E-state index in [2.05, 4.69) is 0 Å². The second kappa shape index (κ2) is 8.39. The zero-order chi connectivity index (χ0) is 18.4. The normalized spacial score (nSPS) is 12.9. The first-order valence-corrected chi connectivity index (χ1v) is 9.47. The predicted octanol–water partition coefficient (Wildman–Crippen LogP) is 4.13. The van der Waals surface area contributed by atoms with Crippen LogP contribution in [0.3, 0.4) is 0 Å². The molecule has 24 heavy (non-hydrogen) atoms. The van der Waals surface area contributed by atoms with Crippen LogP contribution in [-0.2, 0) is 10.0 Å². The molecule has 1 aromatic rings. The number of nitro benzene ring substituents is 1. The van der Waals surface area contributed by atoms with E-state index in [-0.39, 0.29) is 4.90 Å². The molecule has 1 aromatic carbocycles. The molecule has 0 spiro atoms. The second-order valence-electron chi connectivity index (χ2n) is 6.49. The van der Waals surface area contributed by atoms with Gasteiger partial charge in [0.05, 0.1) is 4.92 Å². The lowest BCUT2D eigenvalue weighted by Gasteiger charge is -2.34. The third kappa shape index (κ3) is 5.14. The molecule has 0 unspecified atom stereocenters. The number of sulfonamides is 1. The lowest BCUT2D eigenvalue weighted by Crippen LogP contribution is -2.46. The van der Waals surface area contributed by atoms with E-state index in [1.165, 1.54) is 28.6 Å². The molecule has 0 aliphatic carbocycles. The maximum atomic E-state index is 13.0. The quantitative estimate of drug-likeness (QED) is 0.304. The molecule has 0 radical (unpaired) electrons. The van der Waals surface area contributed by atoms with Gasteiger partial charge in [0, 0.05) is 18.2 Å². The van der Waals surface area contributed by atoms with Gasteiger partial charge in [-0.2, -0.15) is 4.31 Å². The van der Waals surface area contributed by atoms with Crippen molar-refractivity contribution in [3.8, 4) is 0 Å². The molecule has 0 atom stereocenters. The number of nitrogens with zero attached hydrogens (tertiary/aromatic N) is 2. The molecule has 134 valence electrons. The van der Waals surface area contributed by atoms with Gasteiger partial charge in [-0.25, -0.2) is 8.42 Å². The maximum Gasteiger partial charge on any atom is 0.289 e. The van der Waals surface area contributed by atoms with Gasteiger partial charge >= 0.3 is 0 Å². The van der Waals surface area contributed by atoms with Gasteiger partial charge < -0.3 is 0 Å². The molecular formula is C17H26N2O4S. The first-order chi connectivity index (χ1) is 11.1. The van der Waals surface area contributed by atoms with E-state index in [9.17, 15) is 18.5 Å². The van der Waals surface area contributed by atoms with Gasteiger partial charge in [-0.1, -0.05) is 31.2 Å². The molecule has 1 rings (SSSR count). The Bertz CT molecular complexity index is 691. The van der Waals surface area contributed by atoms with Crippen molar-refractivity contribution >= 4 is 15.7 Å². The monoisotopic (exact) mass is 354 g/mol. The van der Waals surface area contributed by atoms with Crippen molar-refractivity contribution in [2.24, 2.45) is 0 Å². The molecule has 0 N–H and O–H groups in total. The Labute approximate surface area is 144 Å². The van der Waals surface area contributed by atoms with Gasteiger partial charge in [-0.05, 0) is 46.1 Å². The molecule has 0 bridgehead atoms. The highest BCUT2D eigenvalue weighted by molar-refractivity contribution is 7.89. The molecule has 6 nitrogen and oxygen atoms in total. The van der Waals surface area contributed by atoms with Crippen LogP contribution in [0.25, 0.3) is 0 Å². The lowest BCUT2D eigenvalue weighted by molar-refractivity contribution is -0.387. The Hall–Kier alpha value is -1.73. The van der Waals surface area contributed by atoms with E-state index in [4.69, 9.17) is 0 Å². The summed E-state index contributed by atoms with van der Waals surface area (Å²) in [7, 11) is -3.96. The van der Waals surface area contributed by atoms with Gasteiger partial charge in [0.15, 0.2) is 4.90 Å². The number of benzene rings is 1. The van der Waals surface area contributed by atoms with Gasteiger partial charge in [-0.3, -0.25) is 10.1 Å². The Morgan fingerprint density at radius 2 is 1.83 bits per heavy atom. The Balaban J connectivity index is 3.18. The average molecular weight is 354 g/mol. The molecule has 7 heteroatoms. The highest BCUT2D eigenvalue weighted by Crippen LogP contribution is 2.30. The summed E-state index contributed by atoms with van der Waals surface area (Å²) in [6, 6.07) is 5.49. The molecule has 0 amide bonds. The largest absolute Gasteiger partial charge is 0.289 e. The lowest BCUT2D eigenvalue weighted by atomic mass is 10.1. The van der Waals surface area contributed by atoms with Crippen LogP contribution in [0, 0.1) is 10.1 Å². The van der Waals surface area contributed by atoms with Crippen LogP contribution >= 0.6 is 0 Å². The Morgan fingerprint density at radius 3 is 2.38 bits per heavy atom. The van der Waals surface area contributed by atoms with Crippen LogP contribution in [-0.4, -0.2) is 29.7 Å². The van der Waals surface area contributed by atoms with E-state index in [1.54, 1.807) is 20.8 Å². The first kappa shape index (κ1) is 20.3. The number of allylic oxidation sites excluding steroid dienone is 2. The summed E-state index contributed by atoms with van der Waals surface area (Å²) >= 11 is 0. The Morgan fingerprint density at radius 1 is 1.21 bits per heavy atom. The van der Waals surface area contributed by atoms with E-state index in [0.29, 0.717) is 13.0 Å². The standard InChI is InChI=1S/C17H26N2O4S/c1-5-6-7-8-11-14-18(17(2,3)4)24(22,23)16-13-10-9-12-15(16)19(20)21/h6-7,9-10,12-13H,5,8,11,14H2,1-4H3/b7-6-. The minimum atomic E-state index is -3.96. The van der Waals surface area contributed by atoms with E-state index in [0.717, 1.165) is 12.8 Å². The maximum absolute atomic E-state index is 13.0. The number of unbranched alkanes of at least 4 members (excludes halogenated alkanes) is 1. The van der Waals surface area contributed by atoms with Crippen molar-refractivity contribution in [2.45, 2.75) is 57.4 Å². The van der Waals surface area contributed by atoms with Crippen LogP contribution in [0.15, 0.2) is 41.3 Å². The molecule has 0 heterocycles. The van der Waals surface area contributed by atoms with Crippen molar-refractivity contribution in [3.63, 3.8) is 0 Å².